The third-order valence-corrected chi connectivity index (χ3v) is 9.50. The zero-order chi connectivity index (χ0) is 30.2. The molecule has 5 rings (SSSR count). The van der Waals surface area contributed by atoms with E-state index < -0.39 is 15.6 Å². The molecule has 0 atom stereocenters. The number of rotatable bonds is 7. The lowest BCUT2D eigenvalue weighted by molar-refractivity contribution is -0.0517. The van der Waals surface area contributed by atoms with Crippen molar-refractivity contribution in [3.05, 3.63) is 151 Å². The average molecular weight is 625 g/mol. The predicted octanol–water partition coefficient (Wildman–Crippen LogP) is 8.22. The number of carbonyl (C=O) groups excluding carboxylic acids is 1. The summed E-state index contributed by atoms with van der Waals surface area (Å²) in [4.78, 5) is 18.9. The van der Waals surface area contributed by atoms with Crippen molar-refractivity contribution in [2.24, 2.45) is 0 Å². The second-order valence-electron chi connectivity index (χ2n) is 8.63. The summed E-state index contributed by atoms with van der Waals surface area (Å²) in [7, 11) is -6.23. The summed E-state index contributed by atoms with van der Waals surface area (Å²) >= 11 is 1.71. The van der Waals surface area contributed by atoms with Gasteiger partial charge in [-0.05, 0) is 72.8 Å². The lowest BCUT2D eigenvalue weighted by Crippen LogP contribution is -2.21. The molecule has 5 aromatic carbocycles. The average Bonchev–Trinajstić information content (AvgIpc) is 2.99. The van der Waals surface area contributed by atoms with Crippen LogP contribution in [0.3, 0.4) is 0 Å². The Morgan fingerprint density at radius 1 is 0.571 bits per heavy atom. The van der Waals surface area contributed by atoms with E-state index in [1.807, 2.05) is 54.6 Å². The highest BCUT2D eigenvalue weighted by molar-refractivity contribution is 7.99. The standard InChI is InChI=1S/C31H23OS2.CHF3O3S/c32-31(24-10-4-1-5-11-24)25-16-18-26(19-17-25)33-27-20-22-30(23-21-27)34(28-12-6-2-7-13-28)29-14-8-3-9-15-29;2-1(3,4)8(5,6)7/h1-23H;(H,5,6,7)/q+1;/p-1. The molecule has 0 unspecified atom stereocenters. The fraction of sp³-hybridized carbons (Fsp3) is 0.0312. The summed E-state index contributed by atoms with van der Waals surface area (Å²) in [5.74, 6) is 0.0513. The van der Waals surface area contributed by atoms with Crippen LogP contribution in [0, 0.1) is 0 Å². The summed E-state index contributed by atoms with van der Waals surface area (Å²) in [6.45, 7) is 0. The molecule has 0 radical (unpaired) electrons. The molecule has 4 nitrogen and oxygen atoms in total. The Morgan fingerprint density at radius 3 is 1.31 bits per heavy atom. The van der Waals surface area contributed by atoms with Crippen molar-refractivity contribution in [2.45, 2.75) is 30.0 Å². The minimum absolute atomic E-state index is 0.0513. The number of halogens is 3. The van der Waals surface area contributed by atoms with E-state index in [4.69, 9.17) is 13.0 Å². The van der Waals surface area contributed by atoms with Crippen LogP contribution < -0.4 is 0 Å². The number of hydrogen-bond donors (Lipinski definition) is 0. The van der Waals surface area contributed by atoms with Crippen LogP contribution in [0.1, 0.15) is 15.9 Å². The molecule has 42 heavy (non-hydrogen) atoms. The first kappa shape index (κ1) is 31.1. The molecule has 10 heteroatoms. The van der Waals surface area contributed by atoms with Gasteiger partial charge in [0.05, 0.1) is 10.9 Å². The van der Waals surface area contributed by atoms with E-state index in [1.54, 1.807) is 11.8 Å². The van der Waals surface area contributed by atoms with E-state index in [9.17, 15) is 18.0 Å². The molecule has 0 bridgehead atoms. The van der Waals surface area contributed by atoms with Gasteiger partial charge in [-0.15, -0.1) is 0 Å². The summed E-state index contributed by atoms with van der Waals surface area (Å²) in [5.41, 5.74) is -4.22. The Morgan fingerprint density at radius 2 is 0.905 bits per heavy atom. The summed E-state index contributed by atoms with van der Waals surface area (Å²) in [6.07, 6.45) is 0. The van der Waals surface area contributed by atoms with E-state index in [1.165, 1.54) is 19.6 Å². The molecule has 0 N–H and O–H groups in total. The maximum absolute atomic E-state index is 12.6. The second-order valence-corrected chi connectivity index (χ2v) is 13.2. The smallest absolute Gasteiger partial charge is 0.485 e. The number of carbonyl (C=O) groups is 1. The SMILES string of the molecule is O=C(c1ccccc1)c1ccc(Sc2ccc([S+](c3ccccc3)c3ccccc3)cc2)cc1.O=S(=O)([O-])C(F)(F)F. The van der Waals surface area contributed by atoms with Crippen molar-refractivity contribution in [2.75, 3.05) is 0 Å². The number of alkyl halides is 3. The molecule has 0 saturated heterocycles. The van der Waals surface area contributed by atoms with E-state index in [0.717, 1.165) is 4.90 Å². The monoisotopic (exact) mass is 624 g/mol. The van der Waals surface area contributed by atoms with E-state index >= 15 is 0 Å². The third-order valence-electron chi connectivity index (χ3n) is 5.69. The van der Waals surface area contributed by atoms with Crippen LogP contribution >= 0.6 is 11.8 Å². The summed E-state index contributed by atoms with van der Waals surface area (Å²) in [6, 6.07) is 47.5. The van der Waals surface area contributed by atoms with Crippen molar-refractivity contribution in [1.29, 1.82) is 0 Å². The van der Waals surface area contributed by atoms with Crippen LogP contribution in [0.25, 0.3) is 0 Å². The first-order valence-corrected chi connectivity index (χ1v) is 15.8. The van der Waals surface area contributed by atoms with Gasteiger partial charge in [0.2, 0.25) is 0 Å². The molecule has 0 spiro atoms. The lowest BCUT2D eigenvalue weighted by Gasteiger charge is -2.09. The van der Waals surface area contributed by atoms with Gasteiger partial charge in [-0.25, -0.2) is 8.42 Å². The molecule has 0 amide bonds. The minimum Gasteiger partial charge on any atom is -0.741 e. The molecule has 0 saturated carbocycles. The van der Waals surface area contributed by atoms with Crippen molar-refractivity contribution >= 4 is 38.6 Å². The Labute approximate surface area is 249 Å². The number of benzene rings is 5. The first-order chi connectivity index (χ1) is 20.0. The van der Waals surface area contributed by atoms with Gasteiger partial charge in [0, 0.05) is 20.9 Å². The zero-order valence-corrected chi connectivity index (χ0v) is 24.2. The Bertz CT molecular complexity index is 1660. The van der Waals surface area contributed by atoms with Gasteiger partial charge in [0.25, 0.3) is 0 Å². The van der Waals surface area contributed by atoms with Gasteiger partial charge >= 0.3 is 5.51 Å². The molecular formula is C32H23F3O4S3. The van der Waals surface area contributed by atoms with Crippen LogP contribution in [0.5, 0.6) is 0 Å². The predicted molar refractivity (Wildman–Crippen MR) is 158 cm³/mol. The van der Waals surface area contributed by atoms with Crippen molar-refractivity contribution in [3.63, 3.8) is 0 Å². The first-order valence-electron chi connectivity index (χ1n) is 12.4. The van der Waals surface area contributed by atoms with E-state index in [0.29, 0.717) is 11.1 Å². The fourth-order valence-corrected chi connectivity index (χ4v) is 6.63. The summed E-state index contributed by atoms with van der Waals surface area (Å²) in [5, 5.41) is 0. The largest absolute Gasteiger partial charge is 0.741 e. The Balaban J connectivity index is 0.000000446. The highest BCUT2D eigenvalue weighted by Crippen LogP contribution is 2.34. The number of hydrogen-bond acceptors (Lipinski definition) is 5. The molecule has 0 aliphatic carbocycles. The molecule has 0 aliphatic heterocycles. The molecule has 214 valence electrons. The maximum Gasteiger partial charge on any atom is 0.485 e. The Kier molecular flexibility index (Phi) is 10.3. The maximum atomic E-state index is 12.6. The van der Waals surface area contributed by atoms with Crippen molar-refractivity contribution in [1.82, 2.24) is 0 Å². The normalized spacial score (nSPS) is 11.5. The highest BCUT2D eigenvalue weighted by Gasteiger charge is 2.37. The lowest BCUT2D eigenvalue weighted by atomic mass is 10.0. The molecule has 0 fully saturated rings. The molecule has 0 aromatic heterocycles. The molecule has 0 aliphatic rings. The fourth-order valence-electron chi connectivity index (χ4n) is 3.73. The van der Waals surface area contributed by atoms with Crippen LogP contribution in [0.15, 0.2) is 164 Å². The molecule has 0 heterocycles. The zero-order valence-electron chi connectivity index (χ0n) is 21.8. The van der Waals surface area contributed by atoms with Crippen molar-refractivity contribution < 1.29 is 30.9 Å². The van der Waals surface area contributed by atoms with E-state index in [-0.39, 0.29) is 16.7 Å². The van der Waals surface area contributed by atoms with Gasteiger partial charge in [0.1, 0.15) is 0 Å². The van der Waals surface area contributed by atoms with Crippen LogP contribution in [-0.2, 0) is 21.0 Å². The van der Waals surface area contributed by atoms with Crippen LogP contribution in [0.2, 0.25) is 0 Å². The molecular weight excluding hydrogens is 602 g/mol. The minimum atomic E-state index is -6.09. The number of ketones is 1. The highest BCUT2D eigenvalue weighted by atomic mass is 32.2. The van der Waals surface area contributed by atoms with Gasteiger partial charge in [0.15, 0.2) is 30.6 Å². The van der Waals surface area contributed by atoms with Gasteiger partial charge in [-0.1, -0.05) is 78.5 Å². The summed E-state index contributed by atoms with van der Waals surface area (Å²) < 4.78 is 58.9. The quantitative estimate of drug-likeness (QED) is 0.0790. The van der Waals surface area contributed by atoms with Crippen molar-refractivity contribution in [3.8, 4) is 0 Å². The van der Waals surface area contributed by atoms with Gasteiger partial charge in [-0.2, -0.15) is 13.2 Å². The van der Waals surface area contributed by atoms with Gasteiger partial charge in [-0.3, -0.25) is 4.79 Å². The van der Waals surface area contributed by atoms with Gasteiger partial charge < -0.3 is 4.55 Å². The molecule has 5 aromatic rings. The van der Waals surface area contributed by atoms with E-state index in [2.05, 4.69) is 84.9 Å². The van der Waals surface area contributed by atoms with Crippen LogP contribution in [-0.4, -0.2) is 24.3 Å². The topological polar surface area (TPSA) is 74.3 Å². The second kappa shape index (κ2) is 13.9. The van der Waals surface area contributed by atoms with Crippen LogP contribution in [0.4, 0.5) is 13.2 Å². The third kappa shape index (κ3) is 8.36. The Hall–Kier alpha value is -3.83.